The van der Waals surface area contributed by atoms with Gasteiger partial charge in [-0.25, -0.2) is 9.89 Å². The topological polar surface area (TPSA) is 108 Å². The predicted octanol–water partition coefficient (Wildman–Crippen LogP) is -0.0411. The van der Waals surface area contributed by atoms with Crippen molar-refractivity contribution in [2.45, 2.75) is 25.0 Å². The summed E-state index contributed by atoms with van der Waals surface area (Å²) in [5.41, 5.74) is 0.0706. The molecule has 2 aliphatic rings. The summed E-state index contributed by atoms with van der Waals surface area (Å²) in [6.45, 7) is 1.52. The van der Waals surface area contributed by atoms with E-state index in [9.17, 15) is 14.4 Å². The van der Waals surface area contributed by atoms with Crippen LogP contribution in [0.25, 0.3) is 0 Å². The van der Waals surface area contributed by atoms with Crippen LogP contribution in [0.1, 0.15) is 12.8 Å². The minimum absolute atomic E-state index is 0.00350. The van der Waals surface area contributed by atoms with Gasteiger partial charge in [0.2, 0.25) is 5.91 Å². The van der Waals surface area contributed by atoms with Gasteiger partial charge in [-0.1, -0.05) is 11.6 Å². The molecular weight excluding hydrogens is 338 g/mol. The molecule has 9 nitrogen and oxygen atoms in total. The molecule has 0 bridgehead atoms. The number of halogens is 1. The number of nitrogens with one attached hydrogen (secondary N) is 2. The fourth-order valence-electron chi connectivity index (χ4n) is 2.95. The number of aromatic amines is 1. The molecular formula is C14H18ClN5O4. The zero-order chi connectivity index (χ0) is 17.3. The number of aromatic nitrogens is 2. The van der Waals surface area contributed by atoms with E-state index in [1.165, 1.54) is 6.20 Å². The number of hydrogen-bond acceptors (Lipinski definition) is 6. The number of likely N-dealkylation sites (tertiary alicyclic amines) is 1. The summed E-state index contributed by atoms with van der Waals surface area (Å²) in [6.07, 6.45) is 1.54. The highest BCUT2D eigenvalue weighted by Gasteiger charge is 2.31. The molecule has 0 aliphatic carbocycles. The summed E-state index contributed by atoms with van der Waals surface area (Å²) in [7, 11) is 1.70. The molecule has 0 spiro atoms. The van der Waals surface area contributed by atoms with Crippen LogP contribution in [0.15, 0.2) is 11.0 Å². The maximum atomic E-state index is 12.0. The SMILES string of the molecule is CN1CC(NC(=O)O[C@@H]2CCN(c3cn[nH]c(=O)c3Cl)C2)CC1=O. The van der Waals surface area contributed by atoms with Crippen molar-refractivity contribution < 1.29 is 14.3 Å². The van der Waals surface area contributed by atoms with E-state index in [0.717, 1.165) is 0 Å². The Bertz CT molecular complexity index is 709. The molecule has 1 unspecified atom stereocenters. The Morgan fingerprint density at radius 1 is 1.46 bits per heavy atom. The Labute approximate surface area is 142 Å². The zero-order valence-electron chi connectivity index (χ0n) is 13.1. The number of nitrogens with zero attached hydrogens (tertiary/aromatic N) is 3. The number of ether oxygens (including phenoxy) is 1. The van der Waals surface area contributed by atoms with Gasteiger partial charge in [-0.05, 0) is 0 Å². The lowest BCUT2D eigenvalue weighted by Crippen LogP contribution is -2.39. The molecule has 0 saturated carbocycles. The van der Waals surface area contributed by atoms with Crippen LogP contribution in [0.2, 0.25) is 5.02 Å². The van der Waals surface area contributed by atoms with Crippen molar-refractivity contribution in [3.8, 4) is 0 Å². The van der Waals surface area contributed by atoms with Crippen LogP contribution < -0.4 is 15.8 Å². The molecule has 0 aromatic carbocycles. The van der Waals surface area contributed by atoms with Crippen molar-refractivity contribution in [3.05, 3.63) is 21.6 Å². The van der Waals surface area contributed by atoms with E-state index >= 15 is 0 Å². The molecule has 1 aromatic rings. The van der Waals surface area contributed by atoms with Gasteiger partial charge in [0.1, 0.15) is 11.1 Å². The first-order chi connectivity index (χ1) is 11.4. The summed E-state index contributed by atoms with van der Waals surface area (Å²) in [6, 6.07) is -0.223. The lowest BCUT2D eigenvalue weighted by Gasteiger charge is -2.19. The molecule has 2 N–H and O–H groups in total. The number of carbonyl (C=O) groups is 2. The predicted molar refractivity (Wildman–Crippen MR) is 86.1 cm³/mol. The fourth-order valence-corrected chi connectivity index (χ4v) is 3.16. The second-order valence-electron chi connectivity index (χ2n) is 5.98. The molecule has 2 amide bonds. The standard InChI is InChI=1S/C14H18ClN5O4/c1-19-6-8(4-11(19)21)17-14(23)24-9-2-3-20(7-9)10-5-16-18-13(22)12(10)15/h5,8-9H,2-4,6-7H2,1H3,(H,17,23)(H,18,22)/t8?,9-/m1/s1. The van der Waals surface area contributed by atoms with E-state index in [2.05, 4.69) is 15.5 Å². The van der Waals surface area contributed by atoms with Gasteiger partial charge in [0.25, 0.3) is 5.56 Å². The summed E-state index contributed by atoms with van der Waals surface area (Å²) in [5, 5.41) is 8.78. The quantitative estimate of drug-likeness (QED) is 0.787. The molecule has 10 heteroatoms. The number of H-pyrrole nitrogens is 1. The lowest BCUT2D eigenvalue weighted by atomic mass is 10.3. The van der Waals surface area contributed by atoms with Crippen LogP contribution in [0.3, 0.4) is 0 Å². The van der Waals surface area contributed by atoms with Gasteiger partial charge in [0.15, 0.2) is 0 Å². The highest BCUT2D eigenvalue weighted by molar-refractivity contribution is 6.33. The van der Waals surface area contributed by atoms with Crippen molar-refractivity contribution in [2.24, 2.45) is 0 Å². The van der Waals surface area contributed by atoms with Crippen molar-refractivity contribution in [1.82, 2.24) is 20.4 Å². The van der Waals surface area contributed by atoms with Gasteiger partial charge >= 0.3 is 6.09 Å². The van der Waals surface area contributed by atoms with E-state index in [1.807, 2.05) is 4.90 Å². The first kappa shape index (κ1) is 16.6. The molecule has 1 aromatic heterocycles. The van der Waals surface area contributed by atoms with Gasteiger partial charge in [-0.2, -0.15) is 5.10 Å². The molecule has 130 valence electrons. The Morgan fingerprint density at radius 2 is 2.25 bits per heavy atom. The van der Waals surface area contributed by atoms with Crippen LogP contribution in [-0.2, 0) is 9.53 Å². The van der Waals surface area contributed by atoms with E-state index < -0.39 is 11.7 Å². The van der Waals surface area contributed by atoms with Crippen molar-refractivity contribution in [3.63, 3.8) is 0 Å². The monoisotopic (exact) mass is 355 g/mol. The second kappa shape index (κ2) is 6.68. The Kier molecular flexibility index (Phi) is 4.61. The van der Waals surface area contributed by atoms with Gasteiger partial charge < -0.3 is 19.9 Å². The molecule has 3 heterocycles. The summed E-state index contributed by atoms with van der Waals surface area (Å²) < 4.78 is 5.39. The lowest BCUT2D eigenvalue weighted by molar-refractivity contribution is -0.126. The Hall–Kier alpha value is -2.29. The number of rotatable bonds is 3. The van der Waals surface area contributed by atoms with Crippen molar-refractivity contribution in [2.75, 3.05) is 31.6 Å². The minimum atomic E-state index is -0.537. The average molecular weight is 356 g/mol. The van der Waals surface area contributed by atoms with Crippen LogP contribution in [0, 0.1) is 0 Å². The maximum absolute atomic E-state index is 12.0. The van der Waals surface area contributed by atoms with E-state index in [-0.39, 0.29) is 29.5 Å². The normalized spacial score (nSPS) is 23.7. The van der Waals surface area contributed by atoms with Crippen molar-refractivity contribution in [1.29, 1.82) is 0 Å². The number of alkyl carbamates (subject to hydrolysis) is 1. The average Bonchev–Trinajstić information content (AvgIpc) is 3.09. The molecule has 3 rings (SSSR count). The van der Waals surface area contributed by atoms with Crippen LogP contribution in [0.5, 0.6) is 0 Å². The third kappa shape index (κ3) is 3.45. The molecule has 24 heavy (non-hydrogen) atoms. The highest BCUT2D eigenvalue weighted by atomic mass is 35.5. The molecule has 2 saturated heterocycles. The van der Waals surface area contributed by atoms with Crippen molar-refractivity contribution >= 4 is 29.3 Å². The van der Waals surface area contributed by atoms with Crippen LogP contribution >= 0.6 is 11.6 Å². The third-order valence-electron chi connectivity index (χ3n) is 4.20. The van der Waals surface area contributed by atoms with Gasteiger partial charge in [-0.15, -0.1) is 0 Å². The molecule has 0 radical (unpaired) electrons. The Morgan fingerprint density at radius 3 is 2.96 bits per heavy atom. The number of amides is 2. The highest BCUT2D eigenvalue weighted by Crippen LogP contribution is 2.25. The molecule has 2 atom stereocenters. The summed E-state index contributed by atoms with van der Waals surface area (Å²) >= 11 is 5.99. The number of carbonyl (C=O) groups excluding carboxylic acids is 2. The Balaban J connectivity index is 1.53. The smallest absolute Gasteiger partial charge is 0.407 e. The minimum Gasteiger partial charge on any atom is -0.444 e. The van der Waals surface area contributed by atoms with E-state index in [4.69, 9.17) is 16.3 Å². The van der Waals surface area contributed by atoms with Gasteiger partial charge in [0, 0.05) is 33.0 Å². The maximum Gasteiger partial charge on any atom is 0.407 e. The van der Waals surface area contributed by atoms with Crippen LogP contribution in [-0.4, -0.2) is 65.9 Å². The fraction of sp³-hybridized carbons (Fsp3) is 0.571. The van der Waals surface area contributed by atoms with E-state index in [1.54, 1.807) is 11.9 Å². The number of likely N-dealkylation sites (N-methyl/N-ethyl adjacent to an activating group) is 1. The number of hydrogen-bond donors (Lipinski definition) is 2. The van der Waals surface area contributed by atoms with Gasteiger partial charge in [0.05, 0.1) is 24.5 Å². The first-order valence-corrected chi connectivity index (χ1v) is 8.01. The van der Waals surface area contributed by atoms with Crippen LogP contribution in [0.4, 0.5) is 10.5 Å². The number of anilines is 1. The second-order valence-corrected chi connectivity index (χ2v) is 6.36. The van der Waals surface area contributed by atoms with E-state index in [0.29, 0.717) is 31.7 Å². The molecule has 2 aliphatic heterocycles. The first-order valence-electron chi connectivity index (χ1n) is 7.63. The largest absolute Gasteiger partial charge is 0.444 e. The third-order valence-corrected chi connectivity index (χ3v) is 4.56. The summed E-state index contributed by atoms with van der Waals surface area (Å²) in [5.74, 6) is 0.00350. The summed E-state index contributed by atoms with van der Waals surface area (Å²) in [4.78, 5) is 38.3. The molecule has 2 fully saturated rings. The zero-order valence-corrected chi connectivity index (χ0v) is 13.9. The van der Waals surface area contributed by atoms with Gasteiger partial charge in [-0.3, -0.25) is 9.59 Å².